The number of hydrogen-bond donors (Lipinski definition) is 0. The van der Waals surface area contributed by atoms with Crippen LogP contribution < -0.4 is 0 Å². The van der Waals surface area contributed by atoms with Crippen molar-refractivity contribution in [3.05, 3.63) is 0 Å². The molecule has 0 N–H and O–H groups in total. The third-order valence-electron chi connectivity index (χ3n) is 3.08. The summed E-state index contributed by atoms with van der Waals surface area (Å²) in [4.78, 5) is 0. The summed E-state index contributed by atoms with van der Waals surface area (Å²) in [6.45, 7) is 4.52. The van der Waals surface area contributed by atoms with E-state index in [1.165, 1.54) is 11.5 Å². The summed E-state index contributed by atoms with van der Waals surface area (Å²) < 4.78 is 5.90. The van der Waals surface area contributed by atoms with Gasteiger partial charge in [0.2, 0.25) is 0 Å². The highest BCUT2D eigenvalue weighted by molar-refractivity contribution is 4.92. The summed E-state index contributed by atoms with van der Waals surface area (Å²) in [5.74, 6) is 0. The Hall–Kier alpha value is -0.120. The minimum atomic E-state index is -0.457. The van der Waals surface area contributed by atoms with Gasteiger partial charge in [-0.05, 0) is 39.5 Å². The van der Waals surface area contributed by atoms with Gasteiger partial charge in [0, 0.05) is 0 Å². The summed E-state index contributed by atoms with van der Waals surface area (Å²) in [6.07, 6.45) is 5.35. The quantitative estimate of drug-likeness (QED) is 0.577. The SMILES string of the molecule is CC1(C)CN([O])C2(CCCCC2)O1. The molecule has 0 bridgehead atoms. The van der Waals surface area contributed by atoms with E-state index in [4.69, 9.17) is 4.74 Å². The molecule has 3 nitrogen and oxygen atoms in total. The molecule has 0 atom stereocenters. The molecule has 0 aromatic carbocycles. The summed E-state index contributed by atoms with van der Waals surface area (Å²) in [7, 11) is 0. The van der Waals surface area contributed by atoms with Gasteiger partial charge in [0.05, 0.1) is 12.1 Å². The average Bonchev–Trinajstić information content (AvgIpc) is 2.23. The second-order valence-electron chi connectivity index (χ2n) is 4.91. The molecule has 1 heterocycles. The fourth-order valence-corrected chi connectivity index (χ4v) is 2.54. The van der Waals surface area contributed by atoms with Crippen LogP contribution >= 0.6 is 0 Å². The van der Waals surface area contributed by atoms with E-state index in [1.54, 1.807) is 0 Å². The van der Waals surface area contributed by atoms with Gasteiger partial charge in [-0.15, -0.1) is 10.3 Å². The smallest absolute Gasteiger partial charge is 0.147 e. The summed E-state index contributed by atoms with van der Waals surface area (Å²) in [6, 6.07) is 0. The van der Waals surface area contributed by atoms with E-state index in [9.17, 15) is 5.21 Å². The van der Waals surface area contributed by atoms with E-state index >= 15 is 0 Å². The molecule has 1 saturated heterocycles. The van der Waals surface area contributed by atoms with Crippen molar-refractivity contribution in [1.82, 2.24) is 5.06 Å². The molecule has 0 amide bonds. The first kappa shape index (κ1) is 9.44. The second kappa shape index (κ2) is 2.94. The minimum Gasteiger partial charge on any atom is -0.351 e. The van der Waals surface area contributed by atoms with Crippen LogP contribution in [0.1, 0.15) is 46.0 Å². The molecule has 1 radical (unpaired) electrons. The zero-order chi connectivity index (χ0) is 9.53. The number of hydroxylamine groups is 2. The topological polar surface area (TPSA) is 32.4 Å². The van der Waals surface area contributed by atoms with Crippen molar-refractivity contribution < 1.29 is 9.94 Å². The van der Waals surface area contributed by atoms with Gasteiger partial charge in [0.25, 0.3) is 0 Å². The molecule has 1 aliphatic carbocycles. The van der Waals surface area contributed by atoms with Crippen LogP contribution in [0.15, 0.2) is 0 Å². The third-order valence-corrected chi connectivity index (χ3v) is 3.08. The van der Waals surface area contributed by atoms with Gasteiger partial charge in [-0.25, -0.2) is 0 Å². The lowest BCUT2D eigenvalue weighted by atomic mass is 9.92. The van der Waals surface area contributed by atoms with E-state index in [0.29, 0.717) is 6.54 Å². The van der Waals surface area contributed by atoms with Crippen LogP contribution in [0, 0.1) is 0 Å². The number of rotatable bonds is 0. The van der Waals surface area contributed by atoms with E-state index in [1.807, 2.05) is 13.8 Å². The standard InChI is InChI=1S/C10H18NO2/c1-9(2)8-11(12)10(13-9)6-4-3-5-7-10/h3-8H2,1-2H3. The fraction of sp³-hybridized carbons (Fsp3) is 1.00. The van der Waals surface area contributed by atoms with Gasteiger partial charge in [-0.3, -0.25) is 0 Å². The molecule has 2 fully saturated rings. The maximum Gasteiger partial charge on any atom is 0.147 e. The van der Waals surface area contributed by atoms with Crippen LogP contribution in [0.4, 0.5) is 0 Å². The predicted molar refractivity (Wildman–Crippen MR) is 48.4 cm³/mol. The van der Waals surface area contributed by atoms with Crippen LogP contribution in [0.3, 0.4) is 0 Å². The largest absolute Gasteiger partial charge is 0.351 e. The highest BCUT2D eigenvalue weighted by atomic mass is 16.6. The first-order valence-electron chi connectivity index (χ1n) is 5.19. The monoisotopic (exact) mass is 184 g/mol. The molecule has 13 heavy (non-hydrogen) atoms. The first-order chi connectivity index (χ1) is 6.04. The summed E-state index contributed by atoms with van der Waals surface area (Å²) in [5.41, 5.74) is -0.707. The molecule has 75 valence electrons. The van der Waals surface area contributed by atoms with Gasteiger partial charge in [0.15, 0.2) is 0 Å². The lowest BCUT2D eigenvalue weighted by Gasteiger charge is -2.36. The highest BCUT2D eigenvalue weighted by Gasteiger charge is 2.51. The van der Waals surface area contributed by atoms with Gasteiger partial charge < -0.3 is 4.74 Å². The normalized spacial score (nSPS) is 32.5. The van der Waals surface area contributed by atoms with E-state index in [0.717, 1.165) is 25.7 Å². The third kappa shape index (κ3) is 1.60. The molecule has 2 aliphatic rings. The van der Waals surface area contributed by atoms with E-state index < -0.39 is 5.72 Å². The van der Waals surface area contributed by atoms with E-state index in [2.05, 4.69) is 0 Å². The van der Waals surface area contributed by atoms with Crippen LogP contribution in [-0.4, -0.2) is 22.9 Å². The zero-order valence-corrected chi connectivity index (χ0v) is 8.51. The molecular weight excluding hydrogens is 166 g/mol. The second-order valence-corrected chi connectivity index (χ2v) is 4.91. The Morgan fingerprint density at radius 3 is 2.23 bits per heavy atom. The number of hydrogen-bond acceptors (Lipinski definition) is 2. The predicted octanol–water partition coefficient (Wildman–Crippen LogP) is 2.10. The lowest BCUT2D eigenvalue weighted by Crippen LogP contribution is -2.43. The summed E-state index contributed by atoms with van der Waals surface area (Å²) >= 11 is 0. The molecule has 1 spiro atoms. The zero-order valence-electron chi connectivity index (χ0n) is 8.51. The van der Waals surface area contributed by atoms with Crippen molar-refractivity contribution in [2.45, 2.75) is 57.3 Å². The molecule has 0 unspecified atom stereocenters. The van der Waals surface area contributed by atoms with Crippen molar-refractivity contribution in [2.75, 3.05) is 6.54 Å². The van der Waals surface area contributed by atoms with Crippen LogP contribution in [0.5, 0.6) is 0 Å². The van der Waals surface area contributed by atoms with Crippen molar-refractivity contribution in [1.29, 1.82) is 0 Å². The average molecular weight is 184 g/mol. The molecule has 1 aliphatic heterocycles. The molecule has 0 aromatic heterocycles. The number of ether oxygens (including phenoxy) is 1. The van der Waals surface area contributed by atoms with Gasteiger partial charge >= 0.3 is 0 Å². The van der Waals surface area contributed by atoms with E-state index in [-0.39, 0.29) is 5.60 Å². The maximum atomic E-state index is 11.8. The fourth-order valence-electron chi connectivity index (χ4n) is 2.54. The Morgan fingerprint density at radius 1 is 1.15 bits per heavy atom. The Kier molecular flexibility index (Phi) is 2.13. The van der Waals surface area contributed by atoms with Gasteiger partial charge in [-0.2, -0.15) is 0 Å². The van der Waals surface area contributed by atoms with Gasteiger partial charge in [-0.1, -0.05) is 6.42 Å². The lowest BCUT2D eigenvalue weighted by molar-refractivity contribution is -0.279. The van der Waals surface area contributed by atoms with Crippen molar-refractivity contribution in [2.24, 2.45) is 0 Å². The minimum absolute atomic E-state index is 0.251. The molecular formula is C10H18NO2. The van der Waals surface area contributed by atoms with Crippen molar-refractivity contribution >= 4 is 0 Å². The van der Waals surface area contributed by atoms with Crippen LogP contribution in [0.2, 0.25) is 0 Å². The Labute approximate surface area is 79.6 Å². The molecule has 1 saturated carbocycles. The molecule has 2 rings (SSSR count). The maximum absolute atomic E-state index is 11.8. The van der Waals surface area contributed by atoms with Crippen molar-refractivity contribution in [3.63, 3.8) is 0 Å². The Morgan fingerprint density at radius 2 is 1.77 bits per heavy atom. The number of nitrogens with zero attached hydrogens (tertiary/aromatic N) is 1. The Balaban J connectivity index is 2.13. The summed E-state index contributed by atoms with van der Waals surface area (Å²) in [5, 5.41) is 12.9. The molecule has 0 aromatic rings. The first-order valence-corrected chi connectivity index (χ1v) is 5.19. The highest BCUT2D eigenvalue weighted by Crippen LogP contribution is 2.42. The van der Waals surface area contributed by atoms with Crippen LogP contribution in [0.25, 0.3) is 0 Å². The van der Waals surface area contributed by atoms with Crippen molar-refractivity contribution in [3.8, 4) is 0 Å². The van der Waals surface area contributed by atoms with Gasteiger partial charge in [0.1, 0.15) is 5.72 Å². The van der Waals surface area contributed by atoms with Crippen LogP contribution in [-0.2, 0) is 9.94 Å². The molecule has 3 heteroatoms. The Bertz CT molecular complexity index is 197.